The Labute approximate surface area is 121 Å². The predicted molar refractivity (Wildman–Crippen MR) is 81.4 cm³/mol. The Morgan fingerprint density at radius 2 is 2.10 bits per heavy atom. The largest absolute Gasteiger partial charge is 0.494 e. The van der Waals surface area contributed by atoms with Gasteiger partial charge in [-0.25, -0.2) is 4.39 Å². The smallest absolute Gasteiger partial charge is 0.165 e. The number of ether oxygens (including phenoxy) is 1. The molecule has 0 unspecified atom stereocenters. The Hall–Kier alpha value is -1.35. The molecule has 1 aromatic rings. The lowest BCUT2D eigenvalue weighted by atomic mass is 9.83. The molecule has 1 saturated carbocycles. The number of halogens is 1. The van der Waals surface area contributed by atoms with E-state index in [9.17, 15) is 4.39 Å². The van der Waals surface area contributed by atoms with Crippen molar-refractivity contribution in [3.63, 3.8) is 0 Å². The zero-order valence-corrected chi connectivity index (χ0v) is 12.4. The molecule has 0 radical (unpaired) electrons. The highest BCUT2D eigenvalue weighted by atomic mass is 19.1. The van der Waals surface area contributed by atoms with E-state index in [4.69, 9.17) is 4.74 Å². The molecule has 0 bridgehead atoms. The zero-order chi connectivity index (χ0) is 14.4. The first kappa shape index (κ1) is 15.0. The minimum Gasteiger partial charge on any atom is -0.494 e. The van der Waals surface area contributed by atoms with Gasteiger partial charge in [-0.2, -0.15) is 0 Å². The fourth-order valence-corrected chi connectivity index (χ4v) is 2.98. The number of methoxy groups -OCH3 is 1. The second-order valence-corrected chi connectivity index (χ2v) is 5.48. The van der Waals surface area contributed by atoms with Crippen LogP contribution in [-0.4, -0.2) is 20.7 Å². The molecule has 3 heteroatoms. The van der Waals surface area contributed by atoms with Gasteiger partial charge in [0.05, 0.1) is 7.11 Å². The van der Waals surface area contributed by atoms with Gasteiger partial charge in [0.1, 0.15) is 0 Å². The van der Waals surface area contributed by atoms with E-state index in [0.717, 1.165) is 12.1 Å². The van der Waals surface area contributed by atoms with Crippen LogP contribution in [-0.2, 0) is 0 Å². The Balaban J connectivity index is 2.20. The van der Waals surface area contributed by atoms with E-state index >= 15 is 0 Å². The molecule has 0 saturated heterocycles. The van der Waals surface area contributed by atoms with Crippen molar-refractivity contribution in [2.24, 2.45) is 5.92 Å². The van der Waals surface area contributed by atoms with Crippen LogP contribution in [0.2, 0.25) is 0 Å². The van der Waals surface area contributed by atoms with Crippen molar-refractivity contribution in [2.45, 2.75) is 32.1 Å². The van der Waals surface area contributed by atoms with Crippen molar-refractivity contribution < 1.29 is 9.13 Å². The van der Waals surface area contributed by atoms with Crippen LogP contribution < -0.4 is 10.1 Å². The van der Waals surface area contributed by atoms with Gasteiger partial charge in [-0.3, -0.25) is 0 Å². The van der Waals surface area contributed by atoms with Crippen LogP contribution in [0, 0.1) is 11.7 Å². The van der Waals surface area contributed by atoms with E-state index in [-0.39, 0.29) is 5.82 Å². The van der Waals surface area contributed by atoms with Crippen LogP contribution in [0.3, 0.4) is 0 Å². The molecule has 2 nitrogen and oxygen atoms in total. The van der Waals surface area contributed by atoms with Crippen LogP contribution in [0.25, 0.3) is 6.08 Å². The van der Waals surface area contributed by atoms with Gasteiger partial charge in [-0.1, -0.05) is 37.0 Å². The first-order valence-corrected chi connectivity index (χ1v) is 7.43. The maximum Gasteiger partial charge on any atom is 0.165 e. The lowest BCUT2D eigenvalue weighted by molar-refractivity contribution is 0.386. The second kappa shape index (κ2) is 7.44. The second-order valence-electron chi connectivity index (χ2n) is 5.48. The van der Waals surface area contributed by atoms with E-state index in [1.165, 1.54) is 44.8 Å². The molecule has 0 aromatic heterocycles. The SMILES string of the molecule is CNC/C(=C/c1ccc(OC)c(F)c1)C1CCCCC1. The first-order chi connectivity index (χ1) is 9.74. The summed E-state index contributed by atoms with van der Waals surface area (Å²) in [7, 11) is 3.45. The third-order valence-corrected chi connectivity index (χ3v) is 4.04. The summed E-state index contributed by atoms with van der Waals surface area (Å²) in [5.41, 5.74) is 2.30. The molecule has 1 aliphatic rings. The molecule has 1 aromatic carbocycles. The molecular weight excluding hydrogens is 253 g/mol. The topological polar surface area (TPSA) is 21.3 Å². The molecule has 0 aliphatic heterocycles. The highest BCUT2D eigenvalue weighted by molar-refractivity contribution is 5.55. The first-order valence-electron chi connectivity index (χ1n) is 7.43. The molecule has 0 spiro atoms. The van der Waals surface area contributed by atoms with Crippen LogP contribution >= 0.6 is 0 Å². The van der Waals surface area contributed by atoms with Gasteiger partial charge in [0, 0.05) is 6.54 Å². The van der Waals surface area contributed by atoms with Gasteiger partial charge in [-0.15, -0.1) is 0 Å². The average molecular weight is 277 g/mol. The van der Waals surface area contributed by atoms with Gasteiger partial charge in [0.15, 0.2) is 11.6 Å². The molecule has 20 heavy (non-hydrogen) atoms. The Kier molecular flexibility index (Phi) is 5.60. The van der Waals surface area contributed by atoms with Crippen LogP contribution in [0.5, 0.6) is 5.75 Å². The summed E-state index contributed by atoms with van der Waals surface area (Å²) in [6.45, 7) is 0.873. The Morgan fingerprint density at radius 1 is 1.35 bits per heavy atom. The van der Waals surface area contributed by atoms with Gasteiger partial charge >= 0.3 is 0 Å². The van der Waals surface area contributed by atoms with Crippen molar-refractivity contribution in [2.75, 3.05) is 20.7 Å². The van der Waals surface area contributed by atoms with Crippen molar-refractivity contribution in [1.29, 1.82) is 0 Å². The fraction of sp³-hybridized carbons (Fsp3) is 0.529. The summed E-state index contributed by atoms with van der Waals surface area (Å²) in [5.74, 6) is 0.644. The molecule has 0 amide bonds. The molecule has 0 heterocycles. The number of nitrogens with one attached hydrogen (secondary N) is 1. The molecule has 110 valence electrons. The van der Waals surface area contributed by atoms with E-state index < -0.39 is 0 Å². The average Bonchev–Trinajstić information content (AvgIpc) is 2.48. The molecule has 1 fully saturated rings. The number of rotatable bonds is 5. The number of hydrogen-bond acceptors (Lipinski definition) is 2. The van der Waals surface area contributed by atoms with Gasteiger partial charge in [-0.05, 0) is 43.5 Å². The number of benzene rings is 1. The summed E-state index contributed by atoms with van der Waals surface area (Å²) in [4.78, 5) is 0. The minimum absolute atomic E-state index is 0.297. The number of likely N-dealkylation sites (N-methyl/N-ethyl adjacent to an activating group) is 1. The highest BCUT2D eigenvalue weighted by Gasteiger charge is 2.17. The van der Waals surface area contributed by atoms with E-state index in [1.807, 2.05) is 13.1 Å². The van der Waals surface area contributed by atoms with Crippen LogP contribution in [0.4, 0.5) is 4.39 Å². The van der Waals surface area contributed by atoms with Crippen molar-refractivity contribution in [1.82, 2.24) is 5.32 Å². The van der Waals surface area contributed by atoms with E-state index in [0.29, 0.717) is 11.7 Å². The number of hydrogen-bond donors (Lipinski definition) is 1. The van der Waals surface area contributed by atoms with Gasteiger partial charge in [0.25, 0.3) is 0 Å². The zero-order valence-electron chi connectivity index (χ0n) is 12.4. The van der Waals surface area contributed by atoms with Crippen LogP contribution in [0.1, 0.15) is 37.7 Å². The summed E-state index contributed by atoms with van der Waals surface area (Å²) in [6, 6.07) is 5.16. The van der Waals surface area contributed by atoms with Gasteiger partial charge in [0.2, 0.25) is 0 Å². The molecule has 0 atom stereocenters. The van der Waals surface area contributed by atoms with Crippen molar-refractivity contribution in [3.05, 3.63) is 35.2 Å². The predicted octanol–water partition coefficient (Wildman–Crippen LogP) is 4.02. The third kappa shape index (κ3) is 3.83. The fourth-order valence-electron chi connectivity index (χ4n) is 2.98. The third-order valence-electron chi connectivity index (χ3n) is 4.04. The van der Waals surface area contributed by atoms with Crippen molar-refractivity contribution >= 4 is 6.08 Å². The quantitative estimate of drug-likeness (QED) is 0.877. The standard InChI is InChI=1S/C17H24FNO/c1-19-12-15(14-6-4-3-5-7-14)10-13-8-9-17(20-2)16(18)11-13/h8-11,14,19H,3-7,12H2,1-2H3/b15-10-. The molecular formula is C17H24FNO. The summed E-state index contributed by atoms with van der Waals surface area (Å²) < 4.78 is 18.7. The Bertz CT molecular complexity index is 464. The van der Waals surface area contributed by atoms with E-state index in [1.54, 1.807) is 12.1 Å². The van der Waals surface area contributed by atoms with Crippen LogP contribution in [0.15, 0.2) is 23.8 Å². The Morgan fingerprint density at radius 3 is 2.70 bits per heavy atom. The highest BCUT2D eigenvalue weighted by Crippen LogP contribution is 2.31. The van der Waals surface area contributed by atoms with Crippen molar-refractivity contribution in [3.8, 4) is 5.75 Å². The maximum atomic E-state index is 13.8. The summed E-state index contributed by atoms with van der Waals surface area (Å²) in [5, 5.41) is 3.24. The van der Waals surface area contributed by atoms with E-state index in [2.05, 4.69) is 11.4 Å². The van der Waals surface area contributed by atoms with Gasteiger partial charge < -0.3 is 10.1 Å². The maximum absolute atomic E-state index is 13.8. The lowest BCUT2D eigenvalue weighted by Crippen LogP contribution is -2.19. The molecule has 1 aliphatic carbocycles. The normalized spacial score (nSPS) is 17.2. The molecule has 1 N–H and O–H groups in total. The summed E-state index contributed by atoms with van der Waals surface area (Å²) >= 11 is 0. The molecule has 2 rings (SSSR count). The summed E-state index contributed by atoms with van der Waals surface area (Å²) in [6.07, 6.45) is 8.61. The lowest BCUT2D eigenvalue weighted by Gasteiger charge is -2.24. The monoisotopic (exact) mass is 277 g/mol. The minimum atomic E-state index is -0.297.